The van der Waals surface area contributed by atoms with Crippen molar-refractivity contribution < 1.29 is 27.1 Å². The first-order chi connectivity index (χ1) is 19.3. The first-order valence-electron chi connectivity index (χ1n) is 12.0. The van der Waals surface area contributed by atoms with Crippen molar-refractivity contribution in [2.75, 3.05) is 29.6 Å². The molecule has 0 aliphatic rings. The van der Waals surface area contributed by atoms with E-state index in [0.717, 1.165) is 0 Å². The van der Waals surface area contributed by atoms with Crippen LogP contribution in [0.25, 0.3) is 11.0 Å². The van der Waals surface area contributed by atoms with Crippen LogP contribution in [0.4, 0.5) is 23.0 Å². The number of nitrogens with one attached hydrogen (secondary N) is 3. The molecule has 3 aromatic carbocycles. The standard InChI is InChI=1S/C28H25N5O6S/c1-17-11-12-39-25(17)28(34)30-18-7-6-8-22(15-18)40(35,36)33-27-26(31-23-9-4-5-10-24(23)32-27)29-19-13-20(37-2)16-21(14-19)38-3/h4-16H,1-3H3,(H,29,31)(H,30,34)(H,32,33). The number of furan rings is 1. The Kier molecular flexibility index (Phi) is 7.25. The van der Waals surface area contributed by atoms with E-state index in [1.54, 1.807) is 55.5 Å². The summed E-state index contributed by atoms with van der Waals surface area (Å²) in [6.45, 7) is 1.74. The van der Waals surface area contributed by atoms with Gasteiger partial charge < -0.3 is 24.5 Å². The van der Waals surface area contributed by atoms with Crippen molar-refractivity contribution in [1.82, 2.24) is 9.97 Å². The number of carbonyl (C=O) groups is 1. The molecule has 11 nitrogen and oxygen atoms in total. The highest BCUT2D eigenvalue weighted by Crippen LogP contribution is 2.31. The van der Waals surface area contributed by atoms with Crippen LogP contribution in [0.3, 0.4) is 0 Å². The fourth-order valence-electron chi connectivity index (χ4n) is 3.90. The zero-order valence-electron chi connectivity index (χ0n) is 21.8. The molecule has 5 aromatic rings. The van der Waals surface area contributed by atoms with E-state index < -0.39 is 15.9 Å². The van der Waals surface area contributed by atoms with Crippen molar-refractivity contribution >= 4 is 50.0 Å². The number of amides is 1. The summed E-state index contributed by atoms with van der Waals surface area (Å²) in [7, 11) is -1.10. The molecule has 0 aliphatic carbocycles. The molecular formula is C28H25N5O6S. The van der Waals surface area contributed by atoms with Crippen molar-refractivity contribution in [2.45, 2.75) is 11.8 Å². The minimum absolute atomic E-state index is 0.0267. The van der Waals surface area contributed by atoms with Gasteiger partial charge in [-0.2, -0.15) is 0 Å². The Morgan fingerprint density at radius 1 is 0.825 bits per heavy atom. The van der Waals surface area contributed by atoms with Crippen LogP contribution in [0.1, 0.15) is 16.1 Å². The Morgan fingerprint density at radius 3 is 2.12 bits per heavy atom. The molecule has 204 valence electrons. The lowest BCUT2D eigenvalue weighted by atomic mass is 10.2. The lowest BCUT2D eigenvalue weighted by molar-refractivity contribution is 0.0996. The monoisotopic (exact) mass is 559 g/mol. The number of anilines is 4. The van der Waals surface area contributed by atoms with E-state index in [1.165, 1.54) is 38.7 Å². The van der Waals surface area contributed by atoms with Gasteiger partial charge in [0, 0.05) is 35.1 Å². The van der Waals surface area contributed by atoms with E-state index in [-0.39, 0.29) is 28.0 Å². The SMILES string of the molecule is COc1cc(Nc2nc3ccccc3nc2NS(=O)(=O)c2cccc(NC(=O)c3occc3C)c2)cc(OC)c1. The first kappa shape index (κ1) is 26.5. The molecular weight excluding hydrogens is 534 g/mol. The largest absolute Gasteiger partial charge is 0.497 e. The fourth-order valence-corrected chi connectivity index (χ4v) is 4.95. The van der Waals surface area contributed by atoms with Gasteiger partial charge in [0.1, 0.15) is 11.5 Å². The molecule has 12 heteroatoms. The molecule has 0 bridgehead atoms. The summed E-state index contributed by atoms with van der Waals surface area (Å²) in [5.41, 5.74) is 2.52. The zero-order chi connectivity index (χ0) is 28.3. The second-order valence-electron chi connectivity index (χ2n) is 8.66. The number of rotatable bonds is 9. The summed E-state index contributed by atoms with van der Waals surface area (Å²) in [6, 6.07) is 19.7. The van der Waals surface area contributed by atoms with E-state index in [0.29, 0.717) is 33.8 Å². The molecule has 2 aromatic heterocycles. The molecule has 0 radical (unpaired) electrons. The van der Waals surface area contributed by atoms with Crippen LogP contribution in [0.15, 0.2) is 88.4 Å². The average Bonchev–Trinajstić information content (AvgIpc) is 3.39. The van der Waals surface area contributed by atoms with Crippen molar-refractivity contribution in [2.24, 2.45) is 0 Å². The number of benzene rings is 3. The maximum atomic E-state index is 13.5. The molecule has 40 heavy (non-hydrogen) atoms. The van der Waals surface area contributed by atoms with Crippen molar-refractivity contribution in [3.05, 3.63) is 90.4 Å². The molecule has 0 saturated heterocycles. The summed E-state index contributed by atoms with van der Waals surface area (Å²) in [5, 5.41) is 5.78. The van der Waals surface area contributed by atoms with Crippen molar-refractivity contribution in [1.29, 1.82) is 0 Å². The lowest BCUT2D eigenvalue weighted by Gasteiger charge is -2.15. The molecule has 0 saturated carbocycles. The van der Waals surface area contributed by atoms with Crippen molar-refractivity contribution in [3.63, 3.8) is 0 Å². The van der Waals surface area contributed by atoms with Crippen LogP contribution in [0.2, 0.25) is 0 Å². The molecule has 1 amide bonds. The van der Waals surface area contributed by atoms with Gasteiger partial charge in [-0.15, -0.1) is 0 Å². The van der Waals surface area contributed by atoms with E-state index in [9.17, 15) is 13.2 Å². The molecule has 0 aliphatic heterocycles. The van der Waals surface area contributed by atoms with Gasteiger partial charge in [-0.1, -0.05) is 18.2 Å². The minimum Gasteiger partial charge on any atom is -0.497 e. The van der Waals surface area contributed by atoms with Crippen LogP contribution in [0, 0.1) is 6.92 Å². The predicted octanol–water partition coefficient (Wildman–Crippen LogP) is 5.35. The van der Waals surface area contributed by atoms with Gasteiger partial charge in [-0.25, -0.2) is 18.4 Å². The van der Waals surface area contributed by atoms with Crippen molar-refractivity contribution in [3.8, 4) is 11.5 Å². The number of aromatic nitrogens is 2. The first-order valence-corrected chi connectivity index (χ1v) is 13.5. The van der Waals surface area contributed by atoms with Gasteiger partial charge in [-0.3, -0.25) is 9.52 Å². The van der Waals surface area contributed by atoms with Gasteiger partial charge in [0.15, 0.2) is 17.4 Å². The third-order valence-corrected chi connectivity index (χ3v) is 7.22. The quantitative estimate of drug-likeness (QED) is 0.218. The third kappa shape index (κ3) is 5.66. The Hall–Kier alpha value is -5.10. The number of carbonyl (C=O) groups excluding carboxylic acids is 1. The van der Waals surface area contributed by atoms with E-state index in [1.807, 2.05) is 6.07 Å². The molecule has 0 atom stereocenters. The summed E-state index contributed by atoms with van der Waals surface area (Å²) in [4.78, 5) is 21.6. The van der Waals surface area contributed by atoms with Crippen LogP contribution < -0.4 is 24.8 Å². The van der Waals surface area contributed by atoms with Gasteiger partial charge in [0.05, 0.1) is 36.4 Å². The van der Waals surface area contributed by atoms with Crippen LogP contribution in [0.5, 0.6) is 11.5 Å². The van der Waals surface area contributed by atoms with Crippen LogP contribution >= 0.6 is 0 Å². The number of aryl methyl sites for hydroxylation is 1. The highest BCUT2D eigenvalue weighted by Gasteiger charge is 2.21. The fraction of sp³-hybridized carbons (Fsp3) is 0.107. The number of hydrogen-bond donors (Lipinski definition) is 3. The Bertz CT molecular complexity index is 1800. The number of hydrogen-bond acceptors (Lipinski definition) is 9. The number of para-hydroxylation sites is 2. The van der Waals surface area contributed by atoms with Crippen LogP contribution in [-0.4, -0.2) is 38.5 Å². The normalized spacial score (nSPS) is 11.2. The van der Waals surface area contributed by atoms with Gasteiger partial charge in [0.2, 0.25) is 0 Å². The van der Waals surface area contributed by atoms with Crippen LogP contribution in [-0.2, 0) is 10.0 Å². The molecule has 2 heterocycles. The molecule has 5 rings (SSSR count). The number of fused-ring (bicyclic) bond motifs is 1. The second kappa shape index (κ2) is 10.9. The highest BCUT2D eigenvalue weighted by atomic mass is 32.2. The number of nitrogens with zero attached hydrogens (tertiary/aromatic N) is 2. The highest BCUT2D eigenvalue weighted by molar-refractivity contribution is 7.92. The second-order valence-corrected chi connectivity index (χ2v) is 10.3. The molecule has 3 N–H and O–H groups in total. The Morgan fingerprint density at radius 2 is 1.50 bits per heavy atom. The van der Waals surface area contributed by atoms with E-state index in [2.05, 4.69) is 25.3 Å². The summed E-state index contributed by atoms with van der Waals surface area (Å²) < 4.78 is 45.4. The maximum Gasteiger partial charge on any atom is 0.291 e. The predicted molar refractivity (Wildman–Crippen MR) is 151 cm³/mol. The minimum atomic E-state index is -4.16. The molecule has 0 fully saturated rings. The van der Waals surface area contributed by atoms with E-state index >= 15 is 0 Å². The van der Waals surface area contributed by atoms with Gasteiger partial charge >= 0.3 is 0 Å². The smallest absolute Gasteiger partial charge is 0.291 e. The van der Waals surface area contributed by atoms with E-state index in [4.69, 9.17) is 13.9 Å². The third-order valence-electron chi connectivity index (χ3n) is 5.89. The molecule has 0 unspecified atom stereocenters. The Balaban J connectivity index is 1.48. The van der Waals surface area contributed by atoms with Gasteiger partial charge in [0.25, 0.3) is 15.9 Å². The lowest BCUT2D eigenvalue weighted by Crippen LogP contribution is -2.17. The number of sulfonamides is 1. The summed E-state index contributed by atoms with van der Waals surface area (Å²) >= 11 is 0. The van der Waals surface area contributed by atoms with Gasteiger partial charge in [-0.05, 0) is 43.3 Å². The summed E-state index contributed by atoms with van der Waals surface area (Å²) in [5.74, 6) is 0.840. The molecule has 0 spiro atoms. The summed E-state index contributed by atoms with van der Waals surface area (Å²) in [6.07, 6.45) is 1.41. The maximum absolute atomic E-state index is 13.5. The topological polar surface area (TPSA) is 145 Å². The zero-order valence-corrected chi connectivity index (χ0v) is 22.6. The average molecular weight is 560 g/mol. The number of ether oxygens (including phenoxy) is 2. The number of methoxy groups -OCH3 is 2. The Labute approximate surface area is 230 Å².